The summed E-state index contributed by atoms with van der Waals surface area (Å²) in [6.07, 6.45) is 0. The fraction of sp³-hybridized carbons (Fsp3) is 0.273. The van der Waals surface area contributed by atoms with E-state index in [0.717, 1.165) is 0 Å². The molecule has 0 saturated carbocycles. The zero-order valence-electron chi connectivity index (χ0n) is 9.03. The number of thiocarbonyl (C=S) groups is 1. The van der Waals surface area contributed by atoms with Crippen molar-refractivity contribution in [3.8, 4) is 5.75 Å². The second-order valence-electron chi connectivity index (χ2n) is 3.08. The first-order valence-corrected chi connectivity index (χ1v) is 5.34. The van der Waals surface area contributed by atoms with Crippen molar-refractivity contribution in [2.45, 2.75) is 6.92 Å². The van der Waals surface area contributed by atoms with Crippen molar-refractivity contribution in [1.82, 2.24) is 5.32 Å². The zero-order valence-corrected chi connectivity index (χ0v) is 9.84. The van der Waals surface area contributed by atoms with Crippen LogP contribution in [0.3, 0.4) is 0 Å². The first-order chi connectivity index (χ1) is 7.65. The van der Waals surface area contributed by atoms with E-state index in [0.29, 0.717) is 17.9 Å². The third kappa shape index (κ3) is 3.51. The third-order valence-electron chi connectivity index (χ3n) is 1.85. The summed E-state index contributed by atoms with van der Waals surface area (Å²) in [7, 11) is 0. The van der Waals surface area contributed by atoms with Crippen molar-refractivity contribution in [2.75, 3.05) is 13.2 Å². The van der Waals surface area contributed by atoms with E-state index in [1.807, 2.05) is 13.0 Å². The quantitative estimate of drug-likeness (QED) is 0.754. The van der Waals surface area contributed by atoms with Crippen LogP contribution in [-0.2, 0) is 0 Å². The van der Waals surface area contributed by atoms with E-state index in [1.54, 1.807) is 18.2 Å². The largest absolute Gasteiger partial charge is 0.493 e. The molecule has 0 heterocycles. The van der Waals surface area contributed by atoms with Crippen LogP contribution in [0.5, 0.6) is 5.75 Å². The molecule has 1 aromatic rings. The number of carbonyl (C=O) groups excluding carboxylic acids is 1. The van der Waals surface area contributed by atoms with Crippen LogP contribution in [0.4, 0.5) is 0 Å². The minimum absolute atomic E-state index is 0.189. The summed E-state index contributed by atoms with van der Waals surface area (Å²) >= 11 is 4.68. The van der Waals surface area contributed by atoms with Crippen LogP contribution in [0, 0.1) is 0 Å². The Labute approximate surface area is 99.8 Å². The average molecular weight is 238 g/mol. The lowest BCUT2D eigenvalue weighted by Gasteiger charge is -2.09. The minimum atomic E-state index is -0.239. The molecule has 1 amide bonds. The molecule has 0 fully saturated rings. The summed E-state index contributed by atoms with van der Waals surface area (Å²) < 4.78 is 5.34. The Hall–Kier alpha value is -1.62. The van der Waals surface area contributed by atoms with Crippen molar-refractivity contribution >= 4 is 23.1 Å². The molecule has 0 atom stereocenters. The van der Waals surface area contributed by atoms with Gasteiger partial charge in [-0.15, -0.1) is 0 Å². The topological polar surface area (TPSA) is 64.3 Å². The molecule has 5 heteroatoms. The summed E-state index contributed by atoms with van der Waals surface area (Å²) in [6.45, 7) is 2.57. The number of para-hydroxylation sites is 1. The number of carbonyl (C=O) groups is 1. The number of nitrogens with one attached hydrogen (secondary N) is 1. The summed E-state index contributed by atoms with van der Waals surface area (Å²) in [6, 6.07) is 7.03. The Morgan fingerprint density at radius 3 is 2.81 bits per heavy atom. The molecular weight excluding hydrogens is 224 g/mol. The van der Waals surface area contributed by atoms with Crippen LogP contribution in [0.15, 0.2) is 24.3 Å². The van der Waals surface area contributed by atoms with Gasteiger partial charge in [-0.2, -0.15) is 0 Å². The van der Waals surface area contributed by atoms with E-state index >= 15 is 0 Å². The maximum Gasteiger partial charge on any atom is 0.255 e. The second kappa shape index (κ2) is 6.07. The molecule has 4 nitrogen and oxygen atoms in total. The lowest BCUT2D eigenvalue weighted by atomic mass is 10.2. The molecule has 0 spiro atoms. The minimum Gasteiger partial charge on any atom is -0.493 e. The van der Waals surface area contributed by atoms with E-state index in [2.05, 4.69) is 17.5 Å². The molecule has 86 valence electrons. The fourth-order valence-electron chi connectivity index (χ4n) is 1.20. The summed E-state index contributed by atoms with van der Waals surface area (Å²) in [5, 5.41) is 2.61. The van der Waals surface area contributed by atoms with Crippen LogP contribution in [0.2, 0.25) is 0 Å². The number of hydrogen-bond donors (Lipinski definition) is 2. The van der Waals surface area contributed by atoms with Gasteiger partial charge in [0, 0.05) is 0 Å². The fourth-order valence-corrected chi connectivity index (χ4v) is 1.27. The highest BCUT2D eigenvalue weighted by Gasteiger charge is 2.10. The van der Waals surface area contributed by atoms with Crippen molar-refractivity contribution in [3.63, 3.8) is 0 Å². The Morgan fingerprint density at radius 1 is 1.50 bits per heavy atom. The lowest BCUT2D eigenvalue weighted by Crippen LogP contribution is -2.32. The van der Waals surface area contributed by atoms with Crippen LogP contribution in [0.1, 0.15) is 17.3 Å². The van der Waals surface area contributed by atoms with Gasteiger partial charge in [0.05, 0.1) is 23.7 Å². The highest BCUT2D eigenvalue weighted by molar-refractivity contribution is 7.80. The van der Waals surface area contributed by atoms with Crippen molar-refractivity contribution in [3.05, 3.63) is 29.8 Å². The van der Waals surface area contributed by atoms with E-state index in [-0.39, 0.29) is 17.4 Å². The molecule has 0 aromatic heterocycles. The van der Waals surface area contributed by atoms with Gasteiger partial charge in [-0.05, 0) is 19.1 Å². The zero-order chi connectivity index (χ0) is 12.0. The van der Waals surface area contributed by atoms with Gasteiger partial charge in [0.2, 0.25) is 0 Å². The maximum absolute atomic E-state index is 11.7. The number of amides is 1. The van der Waals surface area contributed by atoms with Gasteiger partial charge in [-0.25, -0.2) is 0 Å². The number of ether oxygens (including phenoxy) is 1. The summed E-state index contributed by atoms with van der Waals surface area (Å²) in [4.78, 5) is 12.0. The number of nitrogens with two attached hydrogens (primary N) is 1. The molecule has 0 aliphatic carbocycles. The summed E-state index contributed by atoms with van der Waals surface area (Å²) in [5.41, 5.74) is 5.79. The van der Waals surface area contributed by atoms with Crippen LogP contribution in [0.25, 0.3) is 0 Å². The Morgan fingerprint density at radius 2 is 2.19 bits per heavy atom. The molecule has 0 aliphatic rings. The smallest absolute Gasteiger partial charge is 0.255 e. The highest BCUT2D eigenvalue weighted by atomic mass is 32.1. The summed E-state index contributed by atoms with van der Waals surface area (Å²) in [5.74, 6) is 0.322. The van der Waals surface area contributed by atoms with Gasteiger partial charge in [-0.1, -0.05) is 24.4 Å². The number of benzene rings is 1. The van der Waals surface area contributed by atoms with Crippen molar-refractivity contribution < 1.29 is 9.53 Å². The van der Waals surface area contributed by atoms with Gasteiger partial charge >= 0.3 is 0 Å². The SMILES string of the molecule is CCOc1ccccc1C(=O)NCC(N)=S. The Kier molecular flexibility index (Phi) is 4.72. The van der Waals surface area contributed by atoms with Crippen molar-refractivity contribution in [2.24, 2.45) is 5.73 Å². The van der Waals surface area contributed by atoms with Gasteiger partial charge in [-0.3, -0.25) is 4.79 Å². The van der Waals surface area contributed by atoms with E-state index in [1.165, 1.54) is 0 Å². The predicted octanol–water partition coefficient (Wildman–Crippen LogP) is 1.10. The molecule has 1 aromatic carbocycles. The number of rotatable bonds is 5. The van der Waals surface area contributed by atoms with Crippen LogP contribution >= 0.6 is 12.2 Å². The number of hydrogen-bond acceptors (Lipinski definition) is 3. The van der Waals surface area contributed by atoms with Gasteiger partial charge in [0.15, 0.2) is 0 Å². The molecule has 0 aliphatic heterocycles. The first-order valence-electron chi connectivity index (χ1n) is 4.93. The highest BCUT2D eigenvalue weighted by Crippen LogP contribution is 2.17. The third-order valence-corrected chi connectivity index (χ3v) is 2.00. The van der Waals surface area contributed by atoms with Gasteiger partial charge in [0.25, 0.3) is 5.91 Å². The van der Waals surface area contributed by atoms with E-state index in [4.69, 9.17) is 10.5 Å². The van der Waals surface area contributed by atoms with Crippen molar-refractivity contribution in [1.29, 1.82) is 0 Å². The Bertz CT molecular complexity index is 393. The maximum atomic E-state index is 11.7. The molecule has 3 N–H and O–H groups in total. The standard InChI is InChI=1S/C11H14N2O2S/c1-2-15-9-6-4-3-5-8(9)11(14)13-7-10(12)16/h3-6H,2,7H2,1H3,(H2,12,16)(H,13,14). The first kappa shape index (κ1) is 12.4. The van der Waals surface area contributed by atoms with E-state index < -0.39 is 0 Å². The molecular formula is C11H14N2O2S. The monoisotopic (exact) mass is 238 g/mol. The normalized spacial score (nSPS) is 9.56. The van der Waals surface area contributed by atoms with Crippen LogP contribution < -0.4 is 15.8 Å². The van der Waals surface area contributed by atoms with Crippen LogP contribution in [-0.4, -0.2) is 24.0 Å². The van der Waals surface area contributed by atoms with Gasteiger partial charge in [0.1, 0.15) is 5.75 Å². The lowest BCUT2D eigenvalue weighted by molar-refractivity contribution is 0.0955. The second-order valence-corrected chi connectivity index (χ2v) is 3.60. The molecule has 0 saturated heterocycles. The Balaban J connectivity index is 2.77. The molecule has 1 rings (SSSR count). The predicted molar refractivity (Wildman–Crippen MR) is 66.7 cm³/mol. The van der Waals surface area contributed by atoms with E-state index in [9.17, 15) is 4.79 Å². The average Bonchev–Trinajstić information content (AvgIpc) is 2.27. The molecule has 0 radical (unpaired) electrons. The molecule has 16 heavy (non-hydrogen) atoms. The van der Waals surface area contributed by atoms with Gasteiger partial charge < -0.3 is 15.8 Å². The molecule has 0 bridgehead atoms. The molecule has 0 unspecified atom stereocenters.